The number of ketones is 1. The summed E-state index contributed by atoms with van der Waals surface area (Å²) in [5.41, 5.74) is 4.59. The second-order valence-corrected chi connectivity index (χ2v) is 11.2. The molecular weight excluding hydrogens is 625 g/mol. The summed E-state index contributed by atoms with van der Waals surface area (Å²) < 4.78 is 0. The van der Waals surface area contributed by atoms with Crippen LogP contribution >= 0.6 is 0 Å². The van der Waals surface area contributed by atoms with E-state index in [1.165, 1.54) is 17.2 Å². The van der Waals surface area contributed by atoms with Crippen LogP contribution in [0.5, 0.6) is 0 Å². The number of rotatable bonds is 5. The number of hydrogen-bond donors (Lipinski definition) is 1. The van der Waals surface area contributed by atoms with Crippen LogP contribution in [0.15, 0.2) is 54.4 Å². The van der Waals surface area contributed by atoms with Gasteiger partial charge < -0.3 is 5.11 Å². The summed E-state index contributed by atoms with van der Waals surface area (Å²) in [4.78, 5) is 20.5. The number of carbonyl (C=O) groups is 1. The van der Waals surface area contributed by atoms with Gasteiger partial charge in [-0.3, -0.25) is 9.78 Å². The zero-order valence-corrected chi connectivity index (χ0v) is 25.6. The maximum Gasteiger partial charge on any atom is 0.164 e. The number of benzene rings is 1. The Morgan fingerprint density at radius 2 is 1.67 bits per heavy atom. The number of aromatic nitrogens is 2. The van der Waals surface area contributed by atoms with E-state index in [0.29, 0.717) is 5.92 Å². The molecule has 0 fully saturated rings. The first kappa shape index (κ1) is 31.7. The van der Waals surface area contributed by atoms with E-state index in [4.69, 9.17) is 4.98 Å². The summed E-state index contributed by atoms with van der Waals surface area (Å²) >= 11 is 0. The molecule has 0 unspecified atom stereocenters. The molecule has 36 heavy (non-hydrogen) atoms. The summed E-state index contributed by atoms with van der Waals surface area (Å²) in [5, 5.41) is 10.6. The average molecular weight is 666 g/mol. The molecule has 2 aromatic heterocycles. The van der Waals surface area contributed by atoms with E-state index in [-0.39, 0.29) is 37.1 Å². The normalized spacial score (nSPS) is 12.1. The molecule has 197 valence electrons. The van der Waals surface area contributed by atoms with Crippen molar-refractivity contribution >= 4 is 16.8 Å². The average Bonchev–Trinajstić information content (AvgIpc) is 2.78. The van der Waals surface area contributed by atoms with E-state index >= 15 is 0 Å². The van der Waals surface area contributed by atoms with E-state index in [2.05, 4.69) is 56.1 Å². The van der Waals surface area contributed by atoms with E-state index < -0.39 is 5.41 Å². The Labute approximate surface area is 231 Å². The van der Waals surface area contributed by atoms with Gasteiger partial charge in [0.25, 0.3) is 0 Å². The minimum absolute atomic E-state index is 0. The standard InChI is InChI=1S/C20H21N2.C11H20O2.Ir/c1-4-15(5-2)17-11-14(3)12-18(13-17)19-9-8-16-7-6-10-21-20(16)22-19;1-10(2,3)8(12)7-9(13)11(4,5)6;/h6-11,13,15H,4-5H2,1-3H3;7,12H,1-6H3;/q-1;;/b;8-7-;. The first-order valence-electron chi connectivity index (χ1n) is 12.5. The molecule has 4 nitrogen and oxygen atoms in total. The number of aryl methyl sites for hydroxylation is 1. The van der Waals surface area contributed by atoms with E-state index in [0.717, 1.165) is 35.1 Å². The molecule has 0 amide bonds. The van der Waals surface area contributed by atoms with Crippen molar-refractivity contribution in [3.63, 3.8) is 0 Å². The van der Waals surface area contributed by atoms with Crippen molar-refractivity contribution in [3.05, 3.63) is 71.6 Å². The molecule has 0 atom stereocenters. The van der Waals surface area contributed by atoms with Gasteiger partial charge in [-0.05, 0) is 23.7 Å². The Hall–Kier alpha value is -2.36. The van der Waals surface area contributed by atoms with Gasteiger partial charge in [0.05, 0.1) is 0 Å². The van der Waals surface area contributed by atoms with Gasteiger partial charge in [-0.15, -0.1) is 34.9 Å². The molecule has 0 spiro atoms. The quantitative estimate of drug-likeness (QED) is 0.169. The Balaban J connectivity index is 0.000000402. The second-order valence-electron chi connectivity index (χ2n) is 11.2. The molecule has 0 saturated carbocycles. The molecule has 3 rings (SSSR count). The molecule has 0 aliphatic heterocycles. The number of fused-ring (bicyclic) bond motifs is 1. The van der Waals surface area contributed by atoms with Crippen LogP contribution in [0.2, 0.25) is 0 Å². The van der Waals surface area contributed by atoms with Gasteiger partial charge in [-0.2, -0.15) is 0 Å². The second kappa shape index (κ2) is 13.3. The van der Waals surface area contributed by atoms with Crippen molar-refractivity contribution in [1.82, 2.24) is 9.97 Å². The van der Waals surface area contributed by atoms with Gasteiger partial charge in [-0.1, -0.05) is 87.3 Å². The van der Waals surface area contributed by atoms with E-state index in [1.54, 1.807) is 6.20 Å². The fourth-order valence-corrected chi connectivity index (χ4v) is 3.54. The Morgan fingerprint density at radius 1 is 1.03 bits per heavy atom. The fraction of sp³-hybridized carbons (Fsp3) is 0.452. The number of aliphatic hydroxyl groups is 1. The van der Waals surface area contributed by atoms with Crippen LogP contribution in [0.25, 0.3) is 22.3 Å². The van der Waals surface area contributed by atoms with Crippen molar-refractivity contribution in [2.75, 3.05) is 0 Å². The molecule has 5 heteroatoms. The van der Waals surface area contributed by atoms with Crippen molar-refractivity contribution in [2.45, 2.75) is 81.1 Å². The van der Waals surface area contributed by atoms with Crippen LogP contribution in [0, 0.1) is 23.8 Å². The molecule has 0 bridgehead atoms. The molecule has 1 radical (unpaired) electrons. The first-order chi connectivity index (χ1) is 16.3. The van der Waals surface area contributed by atoms with Crippen molar-refractivity contribution in [2.24, 2.45) is 10.8 Å². The van der Waals surface area contributed by atoms with Crippen molar-refractivity contribution < 1.29 is 30.0 Å². The van der Waals surface area contributed by atoms with Crippen molar-refractivity contribution in [1.29, 1.82) is 0 Å². The van der Waals surface area contributed by atoms with Gasteiger partial charge in [0.1, 0.15) is 11.4 Å². The number of pyridine rings is 2. The van der Waals surface area contributed by atoms with Crippen LogP contribution in [0.1, 0.15) is 85.3 Å². The zero-order valence-electron chi connectivity index (χ0n) is 23.2. The smallest absolute Gasteiger partial charge is 0.164 e. The Bertz CT molecular complexity index is 1180. The predicted octanol–water partition coefficient (Wildman–Crippen LogP) is 8.40. The molecule has 1 N–H and O–H groups in total. The minimum Gasteiger partial charge on any atom is -0.512 e. The molecule has 2 heterocycles. The van der Waals surface area contributed by atoms with Gasteiger partial charge in [-0.25, -0.2) is 4.98 Å². The van der Waals surface area contributed by atoms with Gasteiger partial charge in [0.2, 0.25) is 0 Å². The summed E-state index contributed by atoms with van der Waals surface area (Å²) in [6, 6.07) is 16.0. The van der Waals surface area contributed by atoms with Gasteiger partial charge in [0, 0.05) is 48.6 Å². The molecule has 0 saturated heterocycles. The summed E-state index contributed by atoms with van der Waals surface area (Å²) in [5.74, 6) is 0.706. The third-order valence-electron chi connectivity index (χ3n) is 6.00. The number of carbonyl (C=O) groups excluding carboxylic acids is 1. The molecule has 0 aliphatic carbocycles. The zero-order chi connectivity index (χ0) is 26.4. The summed E-state index contributed by atoms with van der Waals surface area (Å²) in [7, 11) is 0. The molecule has 3 aromatic rings. The van der Waals surface area contributed by atoms with Crippen molar-refractivity contribution in [3.8, 4) is 11.3 Å². The van der Waals surface area contributed by atoms with E-state index in [9.17, 15) is 9.90 Å². The van der Waals surface area contributed by atoms with E-state index in [1.807, 2.05) is 53.7 Å². The maximum absolute atomic E-state index is 11.5. The molecular formula is C31H41IrN2O2-. The van der Waals surface area contributed by atoms with Crippen LogP contribution in [0.4, 0.5) is 0 Å². The largest absolute Gasteiger partial charge is 0.512 e. The number of allylic oxidation sites excluding steroid dienone is 2. The number of nitrogens with zero attached hydrogens (tertiary/aromatic N) is 2. The minimum atomic E-state index is -0.417. The first-order valence-corrected chi connectivity index (χ1v) is 12.5. The maximum atomic E-state index is 11.5. The van der Waals surface area contributed by atoms with Crippen LogP contribution < -0.4 is 0 Å². The third kappa shape index (κ3) is 8.94. The molecule has 0 aliphatic rings. The van der Waals surface area contributed by atoms with Crippen LogP contribution in [-0.4, -0.2) is 20.9 Å². The van der Waals surface area contributed by atoms with Gasteiger partial charge >= 0.3 is 0 Å². The Morgan fingerprint density at radius 3 is 2.22 bits per heavy atom. The Kier molecular flexibility index (Phi) is 11.7. The summed E-state index contributed by atoms with van der Waals surface area (Å²) in [6.07, 6.45) is 5.44. The topological polar surface area (TPSA) is 63.1 Å². The third-order valence-corrected chi connectivity index (χ3v) is 6.00. The van der Waals surface area contributed by atoms with Crippen LogP contribution in [0.3, 0.4) is 0 Å². The predicted molar refractivity (Wildman–Crippen MR) is 146 cm³/mol. The fourth-order valence-electron chi connectivity index (χ4n) is 3.54. The van der Waals surface area contributed by atoms with Crippen LogP contribution in [-0.2, 0) is 24.9 Å². The summed E-state index contributed by atoms with van der Waals surface area (Å²) in [6.45, 7) is 17.7. The molecule has 1 aromatic carbocycles. The van der Waals surface area contributed by atoms with Gasteiger partial charge in [0.15, 0.2) is 5.78 Å². The number of aliphatic hydroxyl groups excluding tert-OH is 1. The monoisotopic (exact) mass is 666 g/mol. The number of hydrogen-bond acceptors (Lipinski definition) is 4. The SMILES string of the molecule is CC(C)(C)C(=O)/C=C(\O)C(C)(C)C.CCC(CC)c1cc(C)[c-]c(-c2ccc3cccnc3n2)c1.[Ir].